The number of amides is 1. The molecule has 0 saturated carbocycles. The summed E-state index contributed by atoms with van der Waals surface area (Å²) in [6.45, 7) is 2.37. The number of rotatable bonds is 7. The highest BCUT2D eigenvalue weighted by atomic mass is 16.5. The molecule has 7 nitrogen and oxygen atoms in total. The van der Waals surface area contributed by atoms with Crippen LogP contribution in [0.2, 0.25) is 0 Å². The highest BCUT2D eigenvalue weighted by molar-refractivity contribution is 5.92. The van der Waals surface area contributed by atoms with Crippen LogP contribution < -0.4 is 20.2 Å². The predicted molar refractivity (Wildman–Crippen MR) is 101 cm³/mol. The second-order valence-electron chi connectivity index (χ2n) is 6.48. The number of ether oxygens (including phenoxy) is 2. The van der Waals surface area contributed by atoms with Gasteiger partial charge in [0.1, 0.15) is 17.8 Å². The summed E-state index contributed by atoms with van der Waals surface area (Å²) in [5, 5.41) is 2.69. The SMILES string of the molecule is COc1cccc(NC(=O)COc2coc(CN3CCCCC3)cc2=O)c1. The average Bonchev–Trinajstić information content (AvgIpc) is 2.68. The van der Waals surface area contributed by atoms with Crippen LogP contribution in [0.3, 0.4) is 0 Å². The van der Waals surface area contributed by atoms with Gasteiger partial charge in [0.05, 0.1) is 13.7 Å². The van der Waals surface area contributed by atoms with Crippen molar-refractivity contribution in [3.05, 3.63) is 52.6 Å². The maximum absolute atomic E-state index is 12.2. The topological polar surface area (TPSA) is 81.0 Å². The van der Waals surface area contributed by atoms with Crippen molar-refractivity contribution >= 4 is 11.6 Å². The van der Waals surface area contributed by atoms with Crippen molar-refractivity contribution in [1.29, 1.82) is 0 Å². The molecule has 0 bridgehead atoms. The standard InChI is InChI=1S/C20H24N2O5/c1-25-16-7-5-6-15(10-16)21-20(24)14-27-19-13-26-17(11-18(19)23)12-22-8-3-2-4-9-22/h5-7,10-11,13H,2-4,8-9,12,14H2,1H3,(H,21,24). The molecule has 1 fully saturated rings. The molecular formula is C20H24N2O5. The Morgan fingerprint density at radius 2 is 2.04 bits per heavy atom. The van der Waals surface area contributed by atoms with Gasteiger partial charge >= 0.3 is 0 Å². The summed E-state index contributed by atoms with van der Waals surface area (Å²) in [4.78, 5) is 26.5. The van der Waals surface area contributed by atoms with Gasteiger partial charge in [-0.2, -0.15) is 0 Å². The van der Waals surface area contributed by atoms with E-state index in [0.717, 1.165) is 13.1 Å². The molecule has 1 aliphatic rings. The monoisotopic (exact) mass is 372 g/mol. The van der Waals surface area contributed by atoms with E-state index in [4.69, 9.17) is 13.9 Å². The zero-order chi connectivity index (χ0) is 19.1. The highest BCUT2D eigenvalue weighted by Crippen LogP contribution is 2.17. The molecule has 3 rings (SSSR count). The first-order valence-corrected chi connectivity index (χ1v) is 9.05. The average molecular weight is 372 g/mol. The number of hydrogen-bond acceptors (Lipinski definition) is 6. The zero-order valence-electron chi connectivity index (χ0n) is 15.4. The van der Waals surface area contributed by atoms with E-state index < -0.39 is 0 Å². The number of hydrogen-bond donors (Lipinski definition) is 1. The van der Waals surface area contributed by atoms with E-state index in [-0.39, 0.29) is 23.7 Å². The molecule has 2 heterocycles. The number of carbonyl (C=O) groups excluding carboxylic acids is 1. The molecule has 144 valence electrons. The third-order valence-electron chi connectivity index (χ3n) is 4.39. The van der Waals surface area contributed by atoms with E-state index >= 15 is 0 Å². The maximum atomic E-state index is 12.2. The van der Waals surface area contributed by atoms with Crippen LogP contribution in [0.4, 0.5) is 5.69 Å². The van der Waals surface area contributed by atoms with Gasteiger partial charge in [-0.15, -0.1) is 0 Å². The molecule has 1 aromatic heterocycles. The smallest absolute Gasteiger partial charge is 0.262 e. The Labute approximate surface area is 157 Å². The normalized spacial score (nSPS) is 14.6. The zero-order valence-corrected chi connectivity index (χ0v) is 15.4. The molecule has 27 heavy (non-hydrogen) atoms. The summed E-state index contributed by atoms with van der Waals surface area (Å²) in [7, 11) is 1.55. The Balaban J connectivity index is 1.52. The summed E-state index contributed by atoms with van der Waals surface area (Å²) < 4.78 is 15.9. The summed E-state index contributed by atoms with van der Waals surface area (Å²) in [5.74, 6) is 0.895. The first-order valence-electron chi connectivity index (χ1n) is 9.05. The lowest BCUT2D eigenvalue weighted by Crippen LogP contribution is -2.29. The summed E-state index contributed by atoms with van der Waals surface area (Å²) in [6, 6.07) is 8.42. The van der Waals surface area contributed by atoms with Crippen LogP contribution >= 0.6 is 0 Å². The number of nitrogens with one attached hydrogen (secondary N) is 1. The van der Waals surface area contributed by atoms with Crippen LogP contribution in [-0.2, 0) is 11.3 Å². The molecular weight excluding hydrogens is 348 g/mol. The number of anilines is 1. The Bertz CT molecular complexity index is 827. The largest absolute Gasteiger partial charge is 0.497 e. The molecule has 7 heteroatoms. The maximum Gasteiger partial charge on any atom is 0.262 e. The van der Waals surface area contributed by atoms with Gasteiger partial charge in [-0.1, -0.05) is 12.5 Å². The van der Waals surface area contributed by atoms with Crippen molar-refractivity contribution in [3.8, 4) is 11.5 Å². The molecule has 1 aromatic carbocycles. The molecule has 2 aromatic rings. The van der Waals surface area contributed by atoms with E-state index in [0.29, 0.717) is 23.7 Å². The van der Waals surface area contributed by atoms with Gasteiger partial charge in [-0.25, -0.2) is 0 Å². The highest BCUT2D eigenvalue weighted by Gasteiger charge is 2.13. The summed E-state index contributed by atoms with van der Waals surface area (Å²) >= 11 is 0. The number of nitrogens with zero attached hydrogens (tertiary/aromatic N) is 1. The first kappa shape index (κ1) is 19.0. The Morgan fingerprint density at radius 1 is 1.22 bits per heavy atom. The van der Waals surface area contributed by atoms with Crippen LogP contribution in [0.15, 0.2) is 45.8 Å². The number of likely N-dealkylation sites (tertiary alicyclic amines) is 1. The number of piperidine rings is 1. The van der Waals surface area contributed by atoms with Crippen LogP contribution in [-0.4, -0.2) is 37.6 Å². The quantitative estimate of drug-likeness (QED) is 0.805. The number of carbonyl (C=O) groups is 1. The second-order valence-corrected chi connectivity index (χ2v) is 6.48. The van der Waals surface area contributed by atoms with Crippen LogP contribution in [0.5, 0.6) is 11.5 Å². The minimum Gasteiger partial charge on any atom is -0.497 e. The fourth-order valence-corrected chi connectivity index (χ4v) is 3.01. The minimum atomic E-state index is -0.375. The summed E-state index contributed by atoms with van der Waals surface area (Å²) in [6.07, 6.45) is 4.88. The van der Waals surface area contributed by atoms with Crippen LogP contribution in [0.25, 0.3) is 0 Å². The number of methoxy groups -OCH3 is 1. The van der Waals surface area contributed by atoms with Crippen molar-refractivity contribution in [2.75, 3.05) is 32.1 Å². The van der Waals surface area contributed by atoms with E-state index in [1.807, 2.05) is 0 Å². The molecule has 0 unspecified atom stereocenters. The van der Waals surface area contributed by atoms with Crippen molar-refractivity contribution in [2.24, 2.45) is 0 Å². The first-order chi connectivity index (χ1) is 13.1. The third kappa shape index (κ3) is 5.59. The fourth-order valence-electron chi connectivity index (χ4n) is 3.01. The predicted octanol–water partition coefficient (Wildman–Crippen LogP) is 2.65. The molecule has 1 aliphatic heterocycles. The lowest BCUT2D eigenvalue weighted by atomic mass is 10.1. The van der Waals surface area contributed by atoms with E-state index in [2.05, 4.69) is 10.2 Å². The van der Waals surface area contributed by atoms with Gasteiger partial charge in [-0.3, -0.25) is 14.5 Å². The lowest BCUT2D eigenvalue weighted by Gasteiger charge is -2.25. The van der Waals surface area contributed by atoms with Gasteiger partial charge in [0.15, 0.2) is 6.61 Å². The van der Waals surface area contributed by atoms with Crippen molar-refractivity contribution in [2.45, 2.75) is 25.8 Å². The Kier molecular flexibility index (Phi) is 6.49. The van der Waals surface area contributed by atoms with Crippen molar-refractivity contribution in [3.63, 3.8) is 0 Å². The van der Waals surface area contributed by atoms with Gasteiger partial charge in [0.25, 0.3) is 5.91 Å². The molecule has 0 spiro atoms. The minimum absolute atomic E-state index is 0.0261. The third-order valence-corrected chi connectivity index (χ3v) is 4.39. The molecule has 1 amide bonds. The van der Waals surface area contributed by atoms with Gasteiger partial charge in [0.2, 0.25) is 11.2 Å². The Hall–Kier alpha value is -2.80. The Morgan fingerprint density at radius 3 is 2.78 bits per heavy atom. The molecule has 1 N–H and O–H groups in total. The van der Waals surface area contributed by atoms with E-state index in [1.165, 1.54) is 31.6 Å². The van der Waals surface area contributed by atoms with E-state index in [1.54, 1.807) is 31.4 Å². The summed E-state index contributed by atoms with van der Waals surface area (Å²) in [5.41, 5.74) is 0.300. The molecule has 0 aliphatic carbocycles. The van der Waals surface area contributed by atoms with Gasteiger partial charge < -0.3 is 19.2 Å². The lowest BCUT2D eigenvalue weighted by molar-refractivity contribution is -0.118. The molecule has 1 saturated heterocycles. The van der Waals surface area contributed by atoms with Crippen molar-refractivity contribution < 1.29 is 18.7 Å². The molecule has 0 radical (unpaired) electrons. The van der Waals surface area contributed by atoms with E-state index in [9.17, 15) is 9.59 Å². The van der Waals surface area contributed by atoms with Crippen molar-refractivity contribution in [1.82, 2.24) is 4.90 Å². The van der Waals surface area contributed by atoms with Gasteiger partial charge in [-0.05, 0) is 38.1 Å². The van der Waals surface area contributed by atoms with Crippen LogP contribution in [0, 0.1) is 0 Å². The van der Waals surface area contributed by atoms with Crippen LogP contribution in [0.1, 0.15) is 25.0 Å². The molecule has 0 atom stereocenters. The second kappa shape index (κ2) is 9.23. The van der Waals surface area contributed by atoms with Gasteiger partial charge in [0, 0.05) is 17.8 Å². The number of benzene rings is 1. The fraction of sp³-hybridized carbons (Fsp3) is 0.400.